The first kappa shape index (κ1) is 21.8. The number of hydrogen-bond acceptors (Lipinski definition) is 1. The predicted octanol–water partition coefficient (Wildman–Crippen LogP) is 7.37. The molecule has 1 aliphatic carbocycles. The predicted molar refractivity (Wildman–Crippen MR) is 91.0 cm³/mol. The molecule has 0 amide bonds. The third-order valence-corrected chi connectivity index (χ3v) is 11.2. The first-order chi connectivity index (χ1) is 12.2. The number of fused-ring (bicyclic) bond motifs is 1. The first-order valence-corrected chi connectivity index (χ1v) is 10.7. The largest absolute Gasteiger partial charge is 0.539 e. The quantitative estimate of drug-likeness (QED) is 0.278. The average Bonchev–Trinajstić information content (AvgIpc) is 2.72. The molecule has 0 N–H and O–H groups in total. The van der Waals surface area contributed by atoms with Gasteiger partial charge < -0.3 is 4.43 Å². The van der Waals surface area contributed by atoms with E-state index in [2.05, 4.69) is 0 Å². The maximum Gasteiger partial charge on any atom is 0.330 e. The van der Waals surface area contributed by atoms with Crippen molar-refractivity contribution in [3.05, 3.63) is 34.4 Å². The van der Waals surface area contributed by atoms with E-state index in [1.54, 1.807) is 41.5 Å². The van der Waals surface area contributed by atoms with Crippen molar-refractivity contribution in [3.8, 4) is 5.75 Å². The molecule has 0 atom stereocenters. The van der Waals surface area contributed by atoms with E-state index in [9.17, 15) is 30.7 Å². The summed E-state index contributed by atoms with van der Waals surface area (Å²) in [5, 5.41) is 0. The molecular formula is C18H21F7OSi. The summed E-state index contributed by atoms with van der Waals surface area (Å²) < 4.78 is 105. The third-order valence-electron chi connectivity index (χ3n) is 5.27. The molecule has 0 saturated carbocycles. The summed E-state index contributed by atoms with van der Waals surface area (Å²) in [5.74, 6) is -17.0. The molecule has 0 aliphatic heterocycles. The van der Waals surface area contributed by atoms with E-state index in [4.69, 9.17) is 4.43 Å². The Bertz CT molecular complexity index is 778. The van der Waals surface area contributed by atoms with Crippen LogP contribution in [0.2, 0.25) is 16.6 Å². The van der Waals surface area contributed by atoms with Crippen molar-refractivity contribution >= 4 is 14.1 Å². The summed E-state index contributed by atoms with van der Waals surface area (Å²) in [6.07, 6.45) is 0. The monoisotopic (exact) mass is 414 g/mol. The number of hydrogen-bond donors (Lipinski definition) is 0. The maximum atomic E-state index is 14.8. The Morgan fingerprint density at radius 3 is 1.59 bits per heavy atom. The third kappa shape index (κ3) is 2.89. The molecule has 27 heavy (non-hydrogen) atoms. The molecule has 0 saturated heterocycles. The van der Waals surface area contributed by atoms with Gasteiger partial charge in [0.1, 0.15) is 0 Å². The van der Waals surface area contributed by atoms with Crippen LogP contribution in [0.25, 0.3) is 5.83 Å². The minimum atomic E-state index is -4.74. The smallest absolute Gasteiger partial charge is 0.330 e. The van der Waals surface area contributed by atoms with Crippen LogP contribution in [0.4, 0.5) is 30.7 Å². The fourth-order valence-corrected chi connectivity index (χ4v) is 9.36. The van der Waals surface area contributed by atoms with Crippen molar-refractivity contribution in [3.63, 3.8) is 0 Å². The highest BCUT2D eigenvalue weighted by atomic mass is 28.4. The van der Waals surface area contributed by atoms with Crippen LogP contribution in [0.3, 0.4) is 0 Å². The highest BCUT2D eigenvalue weighted by Crippen LogP contribution is 2.55. The van der Waals surface area contributed by atoms with Crippen molar-refractivity contribution in [2.45, 2.75) is 64.1 Å². The van der Waals surface area contributed by atoms with Crippen LogP contribution in [0.1, 0.15) is 52.7 Å². The molecule has 0 bridgehead atoms. The molecule has 0 radical (unpaired) electrons. The number of rotatable bonds is 5. The lowest BCUT2D eigenvalue weighted by Crippen LogP contribution is -2.51. The van der Waals surface area contributed by atoms with Crippen LogP contribution in [0, 0.1) is 17.5 Å². The second kappa shape index (κ2) is 6.83. The van der Waals surface area contributed by atoms with Gasteiger partial charge in [-0.25, -0.2) is 17.6 Å². The lowest BCUT2D eigenvalue weighted by molar-refractivity contribution is 0.0140. The second-order valence-electron chi connectivity index (χ2n) is 7.64. The number of allylic oxidation sites excluding steroid dienone is 1. The van der Waals surface area contributed by atoms with Gasteiger partial charge in [-0.05, 0) is 16.6 Å². The molecule has 0 aromatic heterocycles. The van der Waals surface area contributed by atoms with E-state index < -0.39 is 60.2 Å². The summed E-state index contributed by atoms with van der Waals surface area (Å²) in [7, 11) is -3.06. The Kier molecular flexibility index (Phi) is 5.51. The molecule has 1 aliphatic rings. The van der Waals surface area contributed by atoms with E-state index in [0.29, 0.717) is 0 Å². The van der Waals surface area contributed by atoms with Crippen molar-refractivity contribution in [1.29, 1.82) is 0 Å². The molecule has 1 nitrogen and oxygen atoms in total. The normalized spacial score (nSPS) is 16.7. The lowest BCUT2D eigenvalue weighted by Gasteiger charge is -2.42. The van der Waals surface area contributed by atoms with Gasteiger partial charge >= 0.3 is 5.92 Å². The van der Waals surface area contributed by atoms with Gasteiger partial charge in [0, 0.05) is 0 Å². The number of benzene rings is 1. The summed E-state index contributed by atoms with van der Waals surface area (Å²) >= 11 is 0. The van der Waals surface area contributed by atoms with E-state index >= 15 is 0 Å². The van der Waals surface area contributed by atoms with Gasteiger partial charge in [-0.15, -0.1) is 0 Å². The molecule has 0 heterocycles. The van der Waals surface area contributed by atoms with Crippen LogP contribution < -0.4 is 4.43 Å². The minimum absolute atomic E-state index is 0.209. The fourth-order valence-electron chi connectivity index (χ4n) is 4.12. The van der Waals surface area contributed by atoms with Crippen molar-refractivity contribution in [1.82, 2.24) is 0 Å². The fraction of sp³-hybridized carbons (Fsp3) is 0.556. The zero-order valence-electron chi connectivity index (χ0n) is 15.8. The Hall–Kier alpha value is -1.51. The van der Waals surface area contributed by atoms with Gasteiger partial charge in [0.05, 0.1) is 11.1 Å². The van der Waals surface area contributed by atoms with E-state index in [0.717, 1.165) is 0 Å². The van der Waals surface area contributed by atoms with Gasteiger partial charge in [0.15, 0.2) is 23.2 Å². The van der Waals surface area contributed by atoms with Crippen molar-refractivity contribution < 1.29 is 35.2 Å². The van der Waals surface area contributed by atoms with E-state index in [1.165, 1.54) is 0 Å². The highest BCUT2D eigenvalue weighted by molar-refractivity contribution is 6.78. The van der Waals surface area contributed by atoms with Crippen LogP contribution in [0.15, 0.2) is 5.83 Å². The van der Waals surface area contributed by atoms with Gasteiger partial charge in [0.25, 0.3) is 8.32 Å². The van der Waals surface area contributed by atoms with Crippen LogP contribution in [-0.2, 0) is 5.92 Å². The average molecular weight is 414 g/mol. The minimum Gasteiger partial charge on any atom is -0.539 e. The Morgan fingerprint density at radius 2 is 1.19 bits per heavy atom. The molecule has 0 unspecified atom stereocenters. The molecular weight excluding hydrogens is 393 g/mol. The van der Waals surface area contributed by atoms with Crippen LogP contribution in [0.5, 0.6) is 5.75 Å². The molecule has 0 spiro atoms. The van der Waals surface area contributed by atoms with E-state index in [-0.39, 0.29) is 16.6 Å². The summed E-state index contributed by atoms with van der Waals surface area (Å²) in [6.45, 7) is 10.6. The summed E-state index contributed by atoms with van der Waals surface area (Å²) in [6, 6.07) is 0. The highest BCUT2D eigenvalue weighted by Gasteiger charge is 2.55. The zero-order chi connectivity index (χ0) is 21.1. The van der Waals surface area contributed by atoms with Crippen LogP contribution >= 0.6 is 0 Å². The van der Waals surface area contributed by atoms with Gasteiger partial charge in [-0.2, -0.15) is 13.2 Å². The maximum absolute atomic E-state index is 14.8. The Balaban J connectivity index is 2.80. The van der Waals surface area contributed by atoms with Gasteiger partial charge in [-0.3, -0.25) is 0 Å². The summed E-state index contributed by atoms with van der Waals surface area (Å²) in [5.41, 5.74) is -4.23. The first-order valence-electron chi connectivity index (χ1n) is 8.56. The summed E-state index contributed by atoms with van der Waals surface area (Å²) in [4.78, 5) is 0. The molecule has 1 aromatic carbocycles. The molecule has 152 valence electrons. The topological polar surface area (TPSA) is 9.23 Å². The molecule has 0 fully saturated rings. The Labute approximate surface area is 154 Å². The molecule has 9 heteroatoms. The van der Waals surface area contributed by atoms with Gasteiger partial charge in [0.2, 0.25) is 11.6 Å². The molecule has 2 rings (SSSR count). The Morgan fingerprint density at radius 1 is 0.741 bits per heavy atom. The SMILES string of the molecule is CC(C)[Si](Oc1c(F)c(F)c2c(c1F)C(F)(F)C(F)=C2F)(C(C)C)C(C)C. The second-order valence-corrected chi connectivity index (χ2v) is 13.0. The van der Waals surface area contributed by atoms with Crippen LogP contribution in [-0.4, -0.2) is 8.32 Å². The number of halogens is 7. The van der Waals surface area contributed by atoms with Gasteiger partial charge in [-0.1, -0.05) is 41.5 Å². The van der Waals surface area contributed by atoms with E-state index in [1.807, 2.05) is 0 Å². The zero-order valence-corrected chi connectivity index (χ0v) is 16.8. The lowest BCUT2D eigenvalue weighted by atomic mass is 10.0. The van der Waals surface area contributed by atoms with Crippen molar-refractivity contribution in [2.24, 2.45) is 0 Å². The molecule has 1 aromatic rings. The standard InChI is InChI=1S/C18H21F7OSi/c1-7(2)27(8(3)4,9(5)6)26-16-14(21)11-10(12(19)15(16)22)13(20)17(23)18(11,24)25/h7-9H,1-6H3. The number of alkyl halides is 2. The van der Waals surface area contributed by atoms with Crippen molar-refractivity contribution in [2.75, 3.05) is 0 Å².